The van der Waals surface area contributed by atoms with Gasteiger partial charge in [-0.3, -0.25) is 0 Å². The Kier molecular flexibility index (Phi) is 7.12. The number of hydrogen-bond acceptors (Lipinski definition) is 4. The number of aliphatic hydroxyl groups is 2. The van der Waals surface area contributed by atoms with E-state index in [0.29, 0.717) is 69.7 Å². The van der Waals surface area contributed by atoms with Crippen LogP contribution in [0.2, 0.25) is 10.0 Å². The monoisotopic (exact) mass is 527 g/mol. The Morgan fingerprint density at radius 2 is 1.83 bits per heavy atom. The highest BCUT2D eigenvalue weighted by molar-refractivity contribution is 6.37. The van der Waals surface area contributed by atoms with E-state index in [1.165, 1.54) is 13.0 Å². The molecule has 3 aromatic rings. The summed E-state index contributed by atoms with van der Waals surface area (Å²) in [6.45, 7) is 6.85. The first kappa shape index (κ1) is 25.8. The van der Waals surface area contributed by atoms with Gasteiger partial charge in [0.15, 0.2) is 6.29 Å². The highest BCUT2D eigenvalue weighted by atomic mass is 35.5. The van der Waals surface area contributed by atoms with E-state index in [9.17, 15) is 23.4 Å². The summed E-state index contributed by atoms with van der Waals surface area (Å²) in [4.78, 5) is 6.57. The molecule has 0 aliphatic carbocycles. The lowest BCUT2D eigenvalue weighted by Gasteiger charge is -2.35. The van der Waals surface area contributed by atoms with Crippen LogP contribution in [0.5, 0.6) is 0 Å². The van der Waals surface area contributed by atoms with Crippen molar-refractivity contribution in [2.45, 2.75) is 38.7 Å². The second-order valence-electron chi connectivity index (χ2n) is 8.94. The zero-order valence-corrected chi connectivity index (χ0v) is 20.8. The van der Waals surface area contributed by atoms with Crippen molar-refractivity contribution >= 4 is 39.9 Å². The Bertz CT molecular complexity index is 1280. The van der Waals surface area contributed by atoms with Crippen LogP contribution in [0, 0.1) is 12.8 Å². The van der Waals surface area contributed by atoms with Crippen LogP contribution in [0.4, 0.5) is 13.2 Å². The van der Waals surface area contributed by atoms with Gasteiger partial charge in [0.25, 0.3) is 0 Å². The van der Waals surface area contributed by atoms with Gasteiger partial charge in [-0.25, -0.2) is 4.98 Å². The number of aliphatic hydroxyl groups excluding tert-OH is 1. The third kappa shape index (κ3) is 4.89. The van der Waals surface area contributed by atoms with Gasteiger partial charge in [0.05, 0.1) is 21.6 Å². The molecule has 1 aliphatic heterocycles. The molecule has 0 spiro atoms. The number of imidazole rings is 1. The second-order valence-corrected chi connectivity index (χ2v) is 9.72. The number of alkyl halides is 3. The molecule has 0 bridgehead atoms. The van der Waals surface area contributed by atoms with Crippen LogP contribution in [-0.4, -0.2) is 44.0 Å². The maximum absolute atomic E-state index is 13.4. The number of piperidine rings is 1. The predicted octanol–water partition coefficient (Wildman–Crippen LogP) is 5.79. The lowest BCUT2D eigenvalue weighted by Crippen LogP contribution is -2.36. The molecule has 0 radical (unpaired) electrons. The van der Waals surface area contributed by atoms with Crippen LogP contribution < -0.4 is 0 Å². The Labute approximate surface area is 211 Å². The Balaban J connectivity index is 1.65. The Hall–Kier alpha value is -2.26. The number of aryl methyl sites for hydroxylation is 2. The molecule has 0 atom stereocenters. The molecule has 0 unspecified atom stereocenters. The molecule has 1 aliphatic rings. The summed E-state index contributed by atoms with van der Waals surface area (Å²) in [5, 5.41) is 19.7. The van der Waals surface area contributed by atoms with Crippen LogP contribution in [0.1, 0.15) is 40.9 Å². The van der Waals surface area contributed by atoms with Gasteiger partial charge in [-0.1, -0.05) is 29.8 Å². The topological polar surface area (TPSA) is 61.5 Å². The summed E-state index contributed by atoms with van der Waals surface area (Å²) in [5.41, 5.74) is 2.26. The first-order chi connectivity index (χ1) is 16.4. The van der Waals surface area contributed by atoms with E-state index in [0.717, 1.165) is 6.07 Å². The first-order valence-corrected chi connectivity index (χ1v) is 11.9. The minimum Gasteiger partial charge on any atom is -0.371 e. The second kappa shape index (κ2) is 9.65. The van der Waals surface area contributed by atoms with Crippen molar-refractivity contribution in [2.75, 3.05) is 13.1 Å². The maximum atomic E-state index is 13.4. The van der Waals surface area contributed by atoms with E-state index in [1.54, 1.807) is 23.7 Å². The minimum absolute atomic E-state index is 0.0765. The Morgan fingerprint density at radius 1 is 1.17 bits per heavy atom. The molecule has 5 nitrogen and oxygen atoms in total. The molecular formula is C25H26Cl2F3N3O2. The van der Waals surface area contributed by atoms with E-state index < -0.39 is 18.0 Å². The van der Waals surface area contributed by atoms with Crippen LogP contribution in [-0.2, 0) is 19.6 Å². The van der Waals surface area contributed by atoms with Gasteiger partial charge in [-0.2, -0.15) is 13.2 Å². The van der Waals surface area contributed by atoms with Gasteiger partial charge in [0.1, 0.15) is 5.82 Å². The minimum atomic E-state index is -4.46. The summed E-state index contributed by atoms with van der Waals surface area (Å²) in [6, 6.07) is 6.02. The number of aromatic nitrogens is 2. The summed E-state index contributed by atoms with van der Waals surface area (Å²) in [7, 11) is 1.75. The van der Waals surface area contributed by atoms with Gasteiger partial charge in [0, 0.05) is 48.8 Å². The number of likely N-dealkylation sites (tertiary alicyclic amines) is 1. The Morgan fingerprint density at radius 3 is 2.43 bits per heavy atom. The number of rotatable bonds is 5. The van der Waals surface area contributed by atoms with Crippen LogP contribution in [0.3, 0.4) is 0 Å². The summed E-state index contributed by atoms with van der Waals surface area (Å²) in [5.74, 6) is 0.362. The normalized spacial score (nSPS) is 15.4. The fourth-order valence-corrected chi connectivity index (χ4v) is 5.30. The van der Waals surface area contributed by atoms with Crippen molar-refractivity contribution in [3.63, 3.8) is 0 Å². The van der Waals surface area contributed by atoms with Gasteiger partial charge in [0.2, 0.25) is 0 Å². The molecule has 1 aromatic heterocycles. The van der Waals surface area contributed by atoms with E-state index >= 15 is 0 Å². The van der Waals surface area contributed by atoms with E-state index in [4.69, 9.17) is 23.2 Å². The molecule has 2 aromatic carbocycles. The summed E-state index contributed by atoms with van der Waals surface area (Å²) in [6.07, 6.45) is -4.33. The lowest BCUT2D eigenvalue weighted by molar-refractivity contribution is -0.137. The fraction of sp³-hybridized carbons (Fsp3) is 0.400. The molecule has 1 saturated heterocycles. The quantitative estimate of drug-likeness (QED) is 0.412. The molecule has 2 heterocycles. The zero-order valence-electron chi connectivity index (χ0n) is 19.3. The zero-order chi connectivity index (χ0) is 25.7. The highest BCUT2D eigenvalue weighted by Gasteiger charge is 2.33. The van der Waals surface area contributed by atoms with Crippen molar-refractivity contribution in [1.82, 2.24) is 14.5 Å². The SMILES string of the molecule is C=C(c1ccc(Cl)c(Cc2nc3c(C)c(C(F)(F)F)ccc3n2C)c1Cl)N1CCC(C(O)O)CC1. The molecule has 35 heavy (non-hydrogen) atoms. The number of nitrogens with zero attached hydrogens (tertiary/aromatic N) is 3. The number of benzene rings is 2. The molecule has 0 saturated carbocycles. The number of halogens is 5. The number of hydrogen-bond donors (Lipinski definition) is 2. The van der Waals surface area contributed by atoms with E-state index in [1.807, 2.05) is 0 Å². The average molecular weight is 528 g/mol. The smallest absolute Gasteiger partial charge is 0.371 e. The van der Waals surface area contributed by atoms with Crippen LogP contribution >= 0.6 is 23.2 Å². The lowest BCUT2D eigenvalue weighted by atomic mass is 9.95. The van der Waals surface area contributed by atoms with Crippen molar-refractivity contribution in [3.8, 4) is 0 Å². The van der Waals surface area contributed by atoms with Crippen molar-refractivity contribution in [1.29, 1.82) is 0 Å². The fourth-order valence-electron chi connectivity index (χ4n) is 4.68. The number of fused-ring (bicyclic) bond motifs is 1. The van der Waals surface area contributed by atoms with Gasteiger partial charge in [-0.15, -0.1) is 0 Å². The van der Waals surface area contributed by atoms with Crippen molar-refractivity contribution < 1.29 is 23.4 Å². The molecular weight excluding hydrogens is 502 g/mol. The van der Waals surface area contributed by atoms with Gasteiger partial charge in [-0.05, 0) is 55.2 Å². The third-order valence-electron chi connectivity index (χ3n) is 6.88. The molecule has 4 rings (SSSR count). The average Bonchev–Trinajstić information content (AvgIpc) is 3.12. The van der Waals surface area contributed by atoms with Crippen LogP contribution in [0.15, 0.2) is 30.8 Å². The first-order valence-electron chi connectivity index (χ1n) is 11.2. The molecule has 0 amide bonds. The third-order valence-corrected chi connectivity index (χ3v) is 7.67. The van der Waals surface area contributed by atoms with Crippen LogP contribution in [0.25, 0.3) is 16.7 Å². The molecule has 1 fully saturated rings. The van der Waals surface area contributed by atoms with Crippen molar-refractivity contribution in [3.05, 3.63) is 69.0 Å². The summed E-state index contributed by atoms with van der Waals surface area (Å²) >= 11 is 13.3. The van der Waals surface area contributed by atoms with Gasteiger partial charge < -0.3 is 19.7 Å². The standard InChI is InChI=1S/C25H26Cl2F3N3O2/c1-13-18(25(28,29)30)5-7-20-23(13)31-21(32(20)3)12-17-19(26)6-4-16(22(17)27)14(2)33-10-8-15(9-11-33)24(34)35/h4-7,15,24,34-35H,2,8-12H2,1,3H3. The van der Waals surface area contributed by atoms with Gasteiger partial charge >= 0.3 is 6.18 Å². The maximum Gasteiger partial charge on any atom is 0.416 e. The molecule has 188 valence electrons. The molecule has 2 N–H and O–H groups in total. The highest BCUT2D eigenvalue weighted by Crippen LogP contribution is 2.38. The largest absolute Gasteiger partial charge is 0.416 e. The predicted molar refractivity (Wildman–Crippen MR) is 131 cm³/mol. The van der Waals surface area contributed by atoms with E-state index in [-0.39, 0.29) is 17.9 Å². The van der Waals surface area contributed by atoms with Crippen molar-refractivity contribution in [2.24, 2.45) is 13.0 Å². The van der Waals surface area contributed by atoms with E-state index in [2.05, 4.69) is 16.5 Å². The molecule has 10 heteroatoms. The summed E-state index contributed by atoms with van der Waals surface area (Å²) < 4.78 is 41.8.